The van der Waals surface area contributed by atoms with Crippen molar-refractivity contribution in [3.05, 3.63) is 52.0 Å². The van der Waals surface area contributed by atoms with Crippen molar-refractivity contribution in [3.63, 3.8) is 0 Å². The number of carbonyl (C=O) groups excluding carboxylic acids is 1. The Morgan fingerprint density at radius 2 is 2.23 bits per heavy atom. The SMILES string of the molecule is Cc1cc(C(=O)N2CCC(Oc3ccnc(CN(C)C)c3)C2)nc(=O)[nH]1. The Bertz CT molecular complexity index is 849. The number of aromatic nitrogens is 3. The van der Waals surface area contributed by atoms with Crippen LogP contribution in [0.2, 0.25) is 0 Å². The Kier molecular flexibility index (Phi) is 5.32. The van der Waals surface area contributed by atoms with E-state index in [1.54, 1.807) is 24.1 Å². The zero-order valence-electron chi connectivity index (χ0n) is 15.2. The Morgan fingerprint density at radius 3 is 2.96 bits per heavy atom. The second-order valence-electron chi connectivity index (χ2n) is 6.75. The minimum atomic E-state index is -0.509. The van der Waals surface area contributed by atoms with Gasteiger partial charge in [-0.2, -0.15) is 4.98 Å². The fourth-order valence-corrected chi connectivity index (χ4v) is 2.99. The quantitative estimate of drug-likeness (QED) is 0.852. The van der Waals surface area contributed by atoms with Gasteiger partial charge in [0.25, 0.3) is 5.91 Å². The van der Waals surface area contributed by atoms with Crippen LogP contribution in [0.25, 0.3) is 0 Å². The van der Waals surface area contributed by atoms with Crippen LogP contribution in [0.5, 0.6) is 5.75 Å². The van der Waals surface area contributed by atoms with Gasteiger partial charge in [0.05, 0.1) is 12.2 Å². The highest BCUT2D eigenvalue weighted by atomic mass is 16.5. The molecule has 0 aliphatic carbocycles. The number of hydrogen-bond donors (Lipinski definition) is 1. The van der Waals surface area contributed by atoms with Crippen LogP contribution >= 0.6 is 0 Å². The highest BCUT2D eigenvalue weighted by Gasteiger charge is 2.29. The first-order valence-corrected chi connectivity index (χ1v) is 8.54. The van der Waals surface area contributed by atoms with E-state index < -0.39 is 5.69 Å². The molecule has 1 aliphatic heterocycles. The average Bonchev–Trinajstić information content (AvgIpc) is 3.01. The summed E-state index contributed by atoms with van der Waals surface area (Å²) in [6, 6.07) is 5.34. The molecule has 1 fully saturated rings. The first kappa shape index (κ1) is 18.1. The molecule has 8 nitrogen and oxygen atoms in total. The molecule has 3 heterocycles. The van der Waals surface area contributed by atoms with Crippen molar-refractivity contribution in [2.24, 2.45) is 0 Å². The Balaban J connectivity index is 1.63. The van der Waals surface area contributed by atoms with Gasteiger partial charge in [-0.05, 0) is 33.2 Å². The van der Waals surface area contributed by atoms with Crippen LogP contribution in [0, 0.1) is 6.92 Å². The van der Waals surface area contributed by atoms with Crippen LogP contribution in [-0.4, -0.2) is 63.9 Å². The van der Waals surface area contributed by atoms with E-state index in [0.717, 1.165) is 24.4 Å². The summed E-state index contributed by atoms with van der Waals surface area (Å²) in [5, 5.41) is 0. The van der Waals surface area contributed by atoms with Crippen LogP contribution in [0.15, 0.2) is 29.2 Å². The summed E-state index contributed by atoms with van der Waals surface area (Å²) in [4.78, 5) is 38.4. The van der Waals surface area contributed by atoms with Crippen molar-refractivity contribution in [2.45, 2.75) is 26.0 Å². The molecule has 0 saturated carbocycles. The molecule has 2 aromatic rings. The molecule has 1 atom stereocenters. The van der Waals surface area contributed by atoms with Crippen LogP contribution in [0.1, 0.15) is 28.3 Å². The molecular weight excluding hydrogens is 334 g/mol. The highest BCUT2D eigenvalue weighted by Crippen LogP contribution is 2.20. The zero-order valence-corrected chi connectivity index (χ0v) is 15.2. The first-order chi connectivity index (χ1) is 12.4. The van der Waals surface area contributed by atoms with Crippen LogP contribution in [0.3, 0.4) is 0 Å². The van der Waals surface area contributed by atoms with Gasteiger partial charge in [-0.1, -0.05) is 0 Å². The summed E-state index contributed by atoms with van der Waals surface area (Å²) >= 11 is 0. The molecule has 138 valence electrons. The number of carbonyl (C=O) groups is 1. The number of pyridine rings is 1. The summed E-state index contributed by atoms with van der Waals surface area (Å²) in [6.45, 7) is 3.51. The second-order valence-corrected chi connectivity index (χ2v) is 6.75. The number of nitrogens with zero attached hydrogens (tertiary/aromatic N) is 4. The molecule has 1 aliphatic rings. The number of rotatable bonds is 5. The molecule has 0 radical (unpaired) electrons. The van der Waals surface area contributed by atoms with E-state index >= 15 is 0 Å². The summed E-state index contributed by atoms with van der Waals surface area (Å²) in [6.07, 6.45) is 2.38. The number of amides is 1. The summed E-state index contributed by atoms with van der Waals surface area (Å²) in [7, 11) is 3.97. The van der Waals surface area contributed by atoms with E-state index in [1.165, 1.54) is 0 Å². The van der Waals surface area contributed by atoms with Gasteiger partial charge in [0.2, 0.25) is 0 Å². The topological polar surface area (TPSA) is 91.4 Å². The van der Waals surface area contributed by atoms with Crippen LogP contribution in [0.4, 0.5) is 0 Å². The third kappa shape index (κ3) is 4.45. The monoisotopic (exact) mass is 357 g/mol. The fraction of sp³-hybridized carbons (Fsp3) is 0.444. The zero-order chi connectivity index (χ0) is 18.7. The maximum atomic E-state index is 12.6. The lowest BCUT2D eigenvalue weighted by molar-refractivity contribution is 0.0766. The molecule has 3 rings (SSSR count). The maximum Gasteiger partial charge on any atom is 0.345 e. The lowest BCUT2D eigenvalue weighted by Crippen LogP contribution is -2.33. The van der Waals surface area contributed by atoms with Gasteiger partial charge in [-0.15, -0.1) is 0 Å². The van der Waals surface area contributed by atoms with Crippen molar-refractivity contribution >= 4 is 5.91 Å². The van der Waals surface area contributed by atoms with Gasteiger partial charge in [0.15, 0.2) is 0 Å². The van der Waals surface area contributed by atoms with Crippen LogP contribution < -0.4 is 10.4 Å². The minimum absolute atomic E-state index is 0.0864. The molecule has 1 N–H and O–H groups in total. The molecule has 2 aromatic heterocycles. The summed E-state index contributed by atoms with van der Waals surface area (Å²) < 4.78 is 6.02. The van der Waals surface area contributed by atoms with Gasteiger partial charge in [-0.3, -0.25) is 9.78 Å². The lowest BCUT2D eigenvalue weighted by atomic mass is 10.3. The predicted octanol–water partition coefficient (Wildman–Crippen LogP) is 0.828. The van der Waals surface area contributed by atoms with E-state index in [9.17, 15) is 9.59 Å². The predicted molar refractivity (Wildman–Crippen MR) is 96.2 cm³/mol. The van der Waals surface area contributed by atoms with Crippen molar-refractivity contribution in [1.82, 2.24) is 24.8 Å². The number of H-pyrrole nitrogens is 1. The van der Waals surface area contributed by atoms with E-state index in [4.69, 9.17) is 4.74 Å². The number of likely N-dealkylation sites (tertiary alicyclic amines) is 1. The standard InChI is InChI=1S/C18H23N5O3/c1-12-8-16(21-18(25)20-12)17(24)23-7-5-15(11-23)26-14-4-6-19-13(9-14)10-22(2)3/h4,6,8-9,15H,5,7,10-11H2,1-3H3,(H,20,21,25). The van der Waals surface area contributed by atoms with Crippen molar-refractivity contribution in [1.29, 1.82) is 0 Å². The largest absolute Gasteiger partial charge is 0.488 e. The lowest BCUT2D eigenvalue weighted by Gasteiger charge is -2.17. The fourth-order valence-electron chi connectivity index (χ4n) is 2.99. The molecule has 0 bridgehead atoms. The highest BCUT2D eigenvalue weighted by molar-refractivity contribution is 5.92. The Labute approximate surface area is 151 Å². The summed E-state index contributed by atoms with van der Waals surface area (Å²) in [5.41, 5.74) is 1.21. The number of hydrogen-bond acceptors (Lipinski definition) is 6. The van der Waals surface area contributed by atoms with E-state index in [0.29, 0.717) is 18.8 Å². The van der Waals surface area contributed by atoms with Gasteiger partial charge in [0, 0.05) is 37.5 Å². The third-order valence-corrected chi connectivity index (χ3v) is 4.10. The Morgan fingerprint density at radius 1 is 1.42 bits per heavy atom. The molecule has 1 amide bonds. The summed E-state index contributed by atoms with van der Waals surface area (Å²) in [5.74, 6) is 0.509. The van der Waals surface area contributed by atoms with Crippen molar-refractivity contribution in [3.8, 4) is 5.75 Å². The maximum absolute atomic E-state index is 12.6. The Hall–Kier alpha value is -2.74. The third-order valence-electron chi connectivity index (χ3n) is 4.10. The van der Waals surface area contributed by atoms with Gasteiger partial charge >= 0.3 is 5.69 Å². The van der Waals surface area contributed by atoms with Gasteiger partial charge < -0.3 is 19.5 Å². The van der Waals surface area contributed by atoms with Gasteiger partial charge in [0.1, 0.15) is 17.5 Å². The van der Waals surface area contributed by atoms with Crippen molar-refractivity contribution < 1.29 is 9.53 Å². The number of aromatic amines is 1. The van der Waals surface area contributed by atoms with E-state index in [1.807, 2.05) is 31.1 Å². The molecular formula is C18H23N5O3. The molecule has 26 heavy (non-hydrogen) atoms. The molecule has 1 saturated heterocycles. The molecule has 1 unspecified atom stereocenters. The molecule has 8 heteroatoms. The van der Waals surface area contributed by atoms with Gasteiger partial charge in [-0.25, -0.2) is 4.79 Å². The smallest absolute Gasteiger partial charge is 0.345 e. The number of ether oxygens (including phenoxy) is 1. The second kappa shape index (κ2) is 7.65. The minimum Gasteiger partial charge on any atom is -0.488 e. The normalized spacial score (nSPS) is 16.9. The number of aryl methyl sites for hydroxylation is 1. The number of nitrogens with one attached hydrogen (secondary N) is 1. The first-order valence-electron chi connectivity index (χ1n) is 8.54. The molecule has 0 spiro atoms. The van der Waals surface area contributed by atoms with Crippen LogP contribution in [-0.2, 0) is 6.54 Å². The van der Waals surface area contributed by atoms with Crippen molar-refractivity contribution in [2.75, 3.05) is 27.2 Å². The average molecular weight is 357 g/mol. The van der Waals surface area contributed by atoms with E-state index in [2.05, 4.69) is 15.0 Å². The molecule has 0 aromatic carbocycles. The van der Waals surface area contributed by atoms with E-state index in [-0.39, 0.29) is 17.7 Å².